The Morgan fingerprint density at radius 1 is 0.667 bits per heavy atom. The Balaban J connectivity index is 0. The molecule has 0 aromatic rings. The van der Waals surface area contributed by atoms with Crippen LogP contribution in [0.5, 0.6) is 0 Å². The zero-order chi connectivity index (χ0) is 0. The third kappa shape index (κ3) is 80.5. The zero-order valence-corrected chi connectivity index (χ0v) is 6.56. The summed E-state index contributed by atoms with van der Waals surface area (Å²) in [5.41, 5.74) is 0. The SMILES string of the molecule is O.O.O.[La+3].[O-2].[OH-]. The van der Waals surface area contributed by atoms with Crippen molar-refractivity contribution in [1.82, 2.24) is 0 Å². The molecule has 0 unspecified atom stereocenters. The molecule has 6 heteroatoms. The van der Waals surface area contributed by atoms with E-state index in [1.54, 1.807) is 0 Å². The molecule has 0 aliphatic carbocycles. The van der Waals surface area contributed by atoms with E-state index in [9.17, 15) is 0 Å². The molecule has 0 saturated heterocycles. The molecule has 0 aliphatic heterocycles. The van der Waals surface area contributed by atoms with Crippen LogP contribution in [0.15, 0.2) is 0 Å². The molecular weight excluding hydrogens is 219 g/mol. The van der Waals surface area contributed by atoms with Crippen molar-refractivity contribution in [1.29, 1.82) is 0 Å². The van der Waals surface area contributed by atoms with Gasteiger partial charge in [-0.3, -0.25) is 0 Å². The summed E-state index contributed by atoms with van der Waals surface area (Å²) in [6, 6.07) is 0. The van der Waals surface area contributed by atoms with Gasteiger partial charge in [-0.1, -0.05) is 0 Å². The Labute approximate surface area is 62.9 Å². The van der Waals surface area contributed by atoms with E-state index in [1.165, 1.54) is 0 Å². The molecule has 0 saturated carbocycles. The predicted octanol–water partition coefficient (Wildman–Crippen LogP) is -2.77. The molecule has 5 nitrogen and oxygen atoms in total. The Hall–Kier alpha value is 0.995. The maximum absolute atomic E-state index is 0. The van der Waals surface area contributed by atoms with E-state index in [0.29, 0.717) is 0 Å². The van der Waals surface area contributed by atoms with Gasteiger partial charge in [0.1, 0.15) is 0 Å². The first-order valence-electron chi connectivity index (χ1n) is 0. The summed E-state index contributed by atoms with van der Waals surface area (Å²) in [5, 5.41) is 0. The average molecular weight is 226 g/mol. The van der Waals surface area contributed by atoms with Crippen LogP contribution in [0.2, 0.25) is 0 Å². The van der Waals surface area contributed by atoms with Gasteiger partial charge in [-0.15, -0.1) is 0 Å². The minimum absolute atomic E-state index is 0. The van der Waals surface area contributed by atoms with Crippen molar-refractivity contribution < 1.29 is 63.0 Å². The van der Waals surface area contributed by atoms with Crippen LogP contribution in [0, 0.1) is 35.6 Å². The molecule has 0 amide bonds. The Morgan fingerprint density at radius 3 is 0.667 bits per heavy atom. The minimum Gasteiger partial charge on any atom is -2.00 e. The Kier molecular flexibility index (Phi) is 6400. The van der Waals surface area contributed by atoms with Gasteiger partial charge < -0.3 is 27.4 Å². The first-order valence-corrected chi connectivity index (χ1v) is 0. The van der Waals surface area contributed by atoms with Crippen molar-refractivity contribution in [3.8, 4) is 0 Å². The number of rotatable bonds is 0. The van der Waals surface area contributed by atoms with Gasteiger partial charge in [-0.05, 0) is 0 Å². The van der Waals surface area contributed by atoms with Crippen LogP contribution in [-0.2, 0) is 5.48 Å². The van der Waals surface area contributed by atoms with Gasteiger partial charge in [-0.25, -0.2) is 0 Å². The normalized spacial score (nSPS) is 0. The molecule has 7 N–H and O–H groups in total. The second kappa shape index (κ2) is 151. The largest absolute Gasteiger partial charge is 3.00 e. The molecule has 0 aliphatic rings. The van der Waals surface area contributed by atoms with Crippen molar-refractivity contribution in [2.45, 2.75) is 0 Å². The molecule has 0 spiro atoms. The van der Waals surface area contributed by atoms with E-state index < -0.39 is 0 Å². The number of hydrogen-bond acceptors (Lipinski definition) is 1. The third-order valence-corrected chi connectivity index (χ3v) is 0. The van der Waals surface area contributed by atoms with Crippen molar-refractivity contribution in [2.75, 3.05) is 0 Å². The first-order chi connectivity index (χ1) is 0. The van der Waals surface area contributed by atoms with Gasteiger partial charge in [-0.2, -0.15) is 0 Å². The quantitative estimate of drug-likeness (QED) is 0.431. The van der Waals surface area contributed by atoms with Crippen LogP contribution in [0.1, 0.15) is 0 Å². The molecule has 0 fully saturated rings. The molecular formula is H7LaO5. The summed E-state index contributed by atoms with van der Waals surface area (Å²) < 4.78 is 0. The van der Waals surface area contributed by atoms with Gasteiger partial charge in [0.2, 0.25) is 0 Å². The maximum atomic E-state index is 0. The molecule has 0 radical (unpaired) electrons. The summed E-state index contributed by atoms with van der Waals surface area (Å²) in [4.78, 5) is 0. The minimum atomic E-state index is 0. The fraction of sp³-hybridized carbons (Fsp3) is 0. The van der Waals surface area contributed by atoms with Crippen LogP contribution >= 0.6 is 0 Å². The van der Waals surface area contributed by atoms with Gasteiger partial charge in [0.25, 0.3) is 0 Å². The molecule has 0 aromatic heterocycles. The molecule has 0 bridgehead atoms. The molecule has 0 atom stereocenters. The summed E-state index contributed by atoms with van der Waals surface area (Å²) in [7, 11) is 0. The van der Waals surface area contributed by atoms with Crippen LogP contribution in [0.3, 0.4) is 0 Å². The standard InChI is InChI=1S/La.4H2O.O/h;4*1H2;/q+3;;;;;-2/p-1. The molecule has 0 heterocycles. The number of hydrogen-bond donors (Lipinski definition) is 0. The fourth-order valence-corrected chi connectivity index (χ4v) is 0. The van der Waals surface area contributed by atoms with Crippen molar-refractivity contribution in [3.63, 3.8) is 0 Å². The van der Waals surface area contributed by atoms with Crippen molar-refractivity contribution in [2.24, 2.45) is 0 Å². The third-order valence-electron chi connectivity index (χ3n) is 0. The molecule has 0 rings (SSSR count). The van der Waals surface area contributed by atoms with Crippen molar-refractivity contribution >= 4 is 0 Å². The second-order valence-electron chi connectivity index (χ2n) is 0. The summed E-state index contributed by atoms with van der Waals surface area (Å²) in [6.07, 6.45) is 0. The van der Waals surface area contributed by atoms with Gasteiger partial charge >= 0.3 is 35.6 Å². The average Bonchev–Trinajstić information content (AvgIpc) is 0. The molecule has 6 heavy (non-hydrogen) atoms. The Morgan fingerprint density at radius 2 is 0.667 bits per heavy atom. The van der Waals surface area contributed by atoms with Gasteiger partial charge in [0.15, 0.2) is 0 Å². The van der Waals surface area contributed by atoms with Crippen LogP contribution in [0.4, 0.5) is 0 Å². The maximum Gasteiger partial charge on any atom is 3.00 e. The zero-order valence-electron chi connectivity index (χ0n) is 2.93. The smallest absolute Gasteiger partial charge is 2.00 e. The summed E-state index contributed by atoms with van der Waals surface area (Å²) in [5.74, 6) is 0. The van der Waals surface area contributed by atoms with E-state index in [-0.39, 0.29) is 63.0 Å². The van der Waals surface area contributed by atoms with Crippen molar-refractivity contribution in [3.05, 3.63) is 0 Å². The molecule has 0 aromatic carbocycles. The monoisotopic (exact) mass is 226 g/mol. The van der Waals surface area contributed by atoms with Crippen LogP contribution in [-0.4, -0.2) is 21.9 Å². The first kappa shape index (κ1) is 254. The topological polar surface area (TPSA) is 153 Å². The summed E-state index contributed by atoms with van der Waals surface area (Å²) in [6.45, 7) is 0. The second-order valence-corrected chi connectivity index (χ2v) is 0. The van der Waals surface area contributed by atoms with Crippen LogP contribution in [0.25, 0.3) is 0 Å². The van der Waals surface area contributed by atoms with E-state index in [4.69, 9.17) is 0 Å². The Bertz CT molecular complexity index is 3.90. The molecule has 40 valence electrons. The van der Waals surface area contributed by atoms with E-state index in [0.717, 1.165) is 0 Å². The van der Waals surface area contributed by atoms with E-state index in [1.807, 2.05) is 0 Å². The van der Waals surface area contributed by atoms with Gasteiger partial charge in [0, 0.05) is 0 Å². The predicted molar refractivity (Wildman–Crippen MR) is 13.5 cm³/mol. The fourth-order valence-electron chi connectivity index (χ4n) is 0. The van der Waals surface area contributed by atoms with Crippen LogP contribution < -0.4 is 0 Å². The van der Waals surface area contributed by atoms with Gasteiger partial charge in [0.05, 0.1) is 0 Å². The van der Waals surface area contributed by atoms with E-state index >= 15 is 0 Å². The summed E-state index contributed by atoms with van der Waals surface area (Å²) >= 11 is 0. The van der Waals surface area contributed by atoms with E-state index in [2.05, 4.69) is 0 Å².